The summed E-state index contributed by atoms with van der Waals surface area (Å²) in [4.78, 5) is 0. The first-order chi connectivity index (χ1) is 7.95. The van der Waals surface area contributed by atoms with Crippen LogP contribution in [0.3, 0.4) is 0 Å². The van der Waals surface area contributed by atoms with Crippen molar-refractivity contribution in [3.05, 3.63) is 71.8 Å². The molecule has 0 spiro atoms. The van der Waals surface area contributed by atoms with Gasteiger partial charge in [-0.25, -0.2) is 0 Å². The van der Waals surface area contributed by atoms with E-state index in [0.717, 1.165) is 16.5 Å². The van der Waals surface area contributed by atoms with Crippen molar-refractivity contribution in [1.82, 2.24) is 0 Å². The molecule has 0 N–H and O–H groups in total. The molecule has 0 aliphatic rings. The molecule has 16 heavy (non-hydrogen) atoms. The molecule has 2 heteroatoms. The van der Waals surface area contributed by atoms with Gasteiger partial charge in [0, 0.05) is 0 Å². The maximum Gasteiger partial charge on any atom is -0.00639 e. The number of rotatable bonds is 5. The van der Waals surface area contributed by atoms with Gasteiger partial charge in [0.05, 0.1) is 0 Å². The monoisotopic (exact) mass is 246 g/mol. The Balaban J connectivity index is 1.70. The molecule has 2 rings (SSSR count). The first-order valence-corrected chi connectivity index (χ1v) is 8.90. The zero-order chi connectivity index (χ0) is 11.1. The Morgan fingerprint density at radius 3 is 1.31 bits per heavy atom. The van der Waals surface area contributed by atoms with E-state index in [2.05, 4.69) is 60.7 Å². The summed E-state index contributed by atoms with van der Waals surface area (Å²) in [7, 11) is 2.13. The smallest absolute Gasteiger partial charge is 0.00639 e. The third-order valence-electron chi connectivity index (χ3n) is 2.40. The Bertz CT molecular complexity index is 356. The molecule has 2 aromatic rings. The van der Waals surface area contributed by atoms with Gasteiger partial charge >= 0.3 is 0 Å². The lowest BCUT2D eigenvalue weighted by atomic mass is 10.2. The lowest BCUT2D eigenvalue weighted by molar-refractivity contribution is 1.41. The van der Waals surface area contributed by atoms with Crippen LogP contribution in [-0.2, 0) is 12.3 Å². The molecule has 0 fully saturated rings. The minimum atomic E-state index is 1.06. The molecular weight excluding hydrogens is 230 g/mol. The van der Waals surface area contributed by atoms with Gasteiger partial charge in [-0.15, -0.1) is 0 Å². The Morgan fingerprint density at radius 1 is 0.562 bits per heavy atom. The van der Waals surface area contributed by atoms with E-state index < -0.39 is 0 Å². The van der Waals surface area contributed by atoms with Crippen LogP contribution in [-0.4, -0.2) is 0 Å². The van der Waals surface area contributed by atoms with Crippen LogP contribution in [0.1, 0.15) is 11.1 Å². The first kappa shape index (κ1) is 11.8. The minimum Gasteiger partial charge on any atom is -0.0944 e. The molecule has 0 nitrogen and oxygen atoms in total. The van der Waals surface area contributed by atoms with Crippen molar-refractivity contribution in [2.45, 2.75) is 12.3 Å². The molecule has 0 bridgehead atoms. The van der Waals surface area contributed by atoms with Gasteiger partial charge in [-0.2, -0.15) is 0 Å². The van der Waals surface area contributed by atoms with Crippen molar-refractivity contribution in [1.29, 1.82) is 0 Å². The summed E-state index contributed by atoms with van der Waals surface area (Å²) in [5, 5.41) is 0. The Hall–Kier alpha value is -0.700. The molecule has 0 aliphatic heterocycles. The Morgan fingerprint density at radius 2 is 0.938 bits per heavy atom. The molecule has 0 aromatic heterocycles. The van der Waals surface area contributed by atoms with E-state index in [4.69, 9.17) is 0 Å². The van der Waals surface area contributed by atoms with E-state index in [-0.39, 0.29) is 0 Å². The maximum absolute atomic E-state index is 2.22. The van der Waals surface area contributed by atoms with E-state index in [0.29, 0.717) is 0 Å². The van der Waals surface area contributed by atoms with Crippen molar-refractivity contribution < 1.29 is 0 Å². The van der Waals surface area contributed by atoms with Crippen LogP contribution in [0, 0.1) is 0 Å². The predicted molar refractivity (Wildman–Crippen MR) is 76.9 cm³/mol. The van der Waals surface area contributed by atoms with Crippen molar-refractivity contribution in [2.75, 3.05) is 0 Å². The zero-order valence-corrected chi connectivity index (χ0v) is 11.2. The second kappa shape index (κ2) is 6.79. The van der Waals surface area contributed by atoms with Gasteiger partial charge in [0.2, 0.25) is 0 Å². The first-order valence-electron chi connectivity index (χ1n) is 5.49. The largest absolute Gasteiger partial charge is 0.0944 e. The Labute approximate surface area is 101 Å². The van der Waals surface area contributed by atoms with Crippen LogP contribution in [0.5, 0.6) is 0 Å². The SMILES string of the molecule is c1ccc(CPPCc2ccccc2)cc1. The van der Waals surface area contributed by atoms with Crippen molar-refractivity contribution >= 4 is 16.5 Å². The highest BCUT2D eigenvalue weighted by molar-refractivity contribution is 8.11. The molecular formula is C14H16P2. The lowest BCUT2D eigenvalue weighted by Crippen LogP contribution is -1.76. The molecule has 0 amide bonds. The summed E-state index contributed by atoms with van der Waals surface area (Å²) in [6.45, 7) is 0. The highest BCUT2D eigenvalue weighted by atomic mass is 32.0. The van der Waals surface area contributed by atoms with E-state index in [9.17, 15) is 0 Å². The topological polar surface area (TPSA) is 0 Å². The second-order valence-corrected chi connectivity index (χ2v) is 7.21. The maximum atomic E-state index is 2.22. The highest BCUT2D eigenvalue weighted by Gasteiger charge is 1.93. The molecule has 2 atom stereocenters. The average molecular weight is 246 g/mol. The van der Waals surface area contributed by atoms with Crippen molar-refractivity contribution in [3.8, 4) is 0 Å². The second-order valence-electron chi connectivity index (χ2n) is 3.68. The fraction of sp³-hybridized carbons (Fsp3) is 0.143. The van der Waals surface area contributed by atoms with Crippen LogP contribution in [0.2, 0.25) is 0 Å². The minimum absolute atomic E-state index is 1.06. The van der Waals surface area contributed by atoms with Crippen LogP contribution < -0.4 is 0 Å². The van der Waals surface area contributed by atoms with Crippen molar-refractivity contribution in [2.24, 2.45) is 0 Å². The van der Waals surface area contributed by atoms with Gasteiger partial charge in [0.25, 0.3) is 0 Å². The van der Waals surface area contributed by atoms with Gasteiger partial charge in [-0.05, 0) is 23.5 Å². The highest BCUT2D eigenvalue weighted by Crippen LogP contribution is 2.42. The van der Waals surface area contributed by atoms with Gasteiger partial charge in [-0.3, -0.25) is 0 Å². The summed E-state index contributed by atoms with van der Waals surface area (Å²) >= 11 is 0. The summed E-state index contributed by atoms with van der Waals surface area (Å²) < 4.78 is 0. The van der Waals surface area contributed by atoms with E-state index in [1.807, 2.05) is 0 Å². The van der Waals surface area contributed by atoms with Crippen LogP contribution in [0.15, 0.2) is 60.7 Å². The van der Waals surface area contributed by atoms with Gasteiger partial charge in [0.15, 0.2) is 0 Å². The van der Waals surface area contributed by atoms with Crippen LogP contribution in [0.4, 0.5) is 0 Å². The summed E-state index contributed by atoms with van der Waals surface area (Å²) in [5.74, 6) is 0. The predicted octanol–water partition coefficient (Wildman–Crippen LogP) is 4.66. The molecule has 0 saturated carbocycles. The fourth-order valence-corrected chi connectivity index (χ4v) is 4.63. The third-order valence-corrected chi connectivity index (χ3v) is 5.63. The zero-order valence-electron chi connectivity index (χ0n) is 9.19. The number of hydrogen-bond donors (Lipinski definition) is 0. The van der Waals surface area contributed by atoms with Gasteiger partial charge < -0.3 is 0 Å². The molecule has 2 aromatic carbocycles. The van der Waals surface area contributed by atoms with Gasteiger partial charge in [0.1, 0.15) is 0 Å². The summed E-state index contributed by atoms with van der Waals surface area (Å²) in [5.41, 5.74) is 2.95. The van der Waals surface area contributed by atoms with Gasteiger partial charge in [-0.1, -0.05) is 77.2 Å². The van der Waals surface area contributed by atoms with E-state index in [1.54, 1.807) is 0 Å². The summed E-state index contributed by atoms with van der Waals surface area (Å²) in [6.07, 6.45) is 2.48. The standard InChI is InChI=1S/C14H16P2/c1-3-7-13(8-4-1)11-15-16-12-14-9-5-2-6-10-14/h1-10,15-16H,11-12H2. The molecule has 0 heterocycles. The molecule has 0 saturated heterocycles. The lowest BCUT2D eigenvalue weighted by Gasteiger charge is -2.02. The van der Waals surface area contributed by atoms with E-state index >= 15 is 0 Å². The quantitative estimate of drug-likeness (QED) is 0.531. The summed E-state index contributed by atoms with van der Waals surface area (Å²) in [6, 6.07) is 21.6. The van der Waals surface area contributed by atoms with E-state index in [1.165, 1.54) is 23.5 Å². The average Bonchev–Trinajstić information content (AvgIpc) is 2.37. The third kappa shape index (κ3) is 4.05. The normalized spacial score (nSPS) is 11.8. The fourth-order valence-electron chi connectivity index (χ4n) is 1.52. The molecule has 2 unspecified atom stereocenters. The van der Waals surface area contributed by atoms with Crippen LogP contribution in [0.25, 0.3) is 0 Å². The number of benzene rings is 2. The molecule has 0 radical (unpaired) electrons. The molecule has 82 valence electrons. The molecule has 0 aliphatic carbocycles. The van der Waals surface area contributed by atoms with Crippen LogP contribution >= 0.6 is 16.5 Å². The van der Waals surface area contributed by atoms with Crippen molar-refractivity contribution in [3.63, 3.8) is 0 Å². The number of hydrogen-bond acceptors (Lipinski definition) is 0. The Kier molecular flexibility index (Phi) is 5.00.